The lowest BCUT2D eigenvalue weighted by Gasteiger charge is -2.31. The smallest absolute Gasteiger partial charge is 0.0702 e. The lowest BCUT2D eigenvalue weighted by molar-refractivity contribution is 1.15. The van der Waals surface area contributed by atoms with E-state index in [-0.39, 0.29) is 0 Å². The van der Waals surface area contributed by atoms with Crippen LogP contribution in [0.5, 0.6) is 0 Å². The van der Waals surface area contributed by atoms with Crippen molar-refractivity contribution in [3.8, 4) is 94.7 Å². The van der Waals surface area contributed by atoms with Gasteiger partial charge in [-0.25, -0.2) is 0 Å². The molecule has 23 rings (SSSR count). The van der Waals surface area contributed by atoms with Gasteiger partial charge in [0.25, 0.3) is 0 Å². The molecule has 0 unspecified atom stereocenters. The molecule has 0 aliphatic carbocycles. The molecule has 0 fully saturated rings. The van der Waals surface area contributed by atoms with Crippen molar-refractivity contribution in [2.24, 2.45) is 0 Å². The summed E-state index contributed by atoms with van der Waals surface area (Å²) in [4.78, 5) is 4.94. The van der Waals surface area contributed by atoms with Gasteiger partial charge in [0.15, 0.2) is 0 Å². The van der Waals surface area contributed by atoms with E-state index in [2.05, 4.69) is 481 Å². The Bertz CT molecular complexity index is 7950. The first-order valence-corrected chi connectivity index (χ1v) is 41.7. The fourth-order valence-electron chi connectivity index (χ4n) is 18.9. The molecule has 0 N–H and O–H groups in total. The summed E-state index contributed by atoms with van der Waals surface area (Å²) >= 11 is 0. The van der Waals surface area contributed by atoms with Crippen LogP contribution in [0.4, 0.5) is 34.1 Å². The number of benzene rings is 22. The highest BCUT2D eigenvalue weighted by molar-refractivity contribution is 6.14. The van der Waals surface area contributed by atoms with Crippen LogP contribution in [0.1, 0.15) is 0 Å². The maximum Gasteiger partial charge on any atom is 0.0702 e. The van der Waals surface area contributed by atoms with Gasteiger partial charge in [0.2, 0.25) is 0 Å². The minimum Gasteiger partial charge on any atom is -0.310 e. The molecule has 0 spiro atoms. The number of rotatable bonds is 15. The third kappa shape index (κ3) is 12.6. The van der Waals surface area contributed by atoms with Crippen molar-refractivity contribution < 1.29 is 0 Å². The van der Waals surface area contributed by atoms with Gasteiger partial charge in [0.05, 0.1) is 33.8 Å². The van der Waals surface area contributed by atoms with Gasteiger partial charge in [-0.15, -0.1) is 0 Å². The van der Waals surface area contributed by atoms with Crippen molar-refractivity contribution in [3.63, 3.8) is 0 Å². The number of aromatic nitrogens is 1. The number of fused-ring (bicyclic) bond motifs is 12. The van der Waals surface area contributed by atoms with Crippen LogP contribution < -0.4 is 9.80 Å². The first kappa shape index (κ1) is 70.5. The lowest BCUT2D eigenvalue weighted by atomic mass is 9.90. The predicted molar refractivity (Wildman–Crippen MR) is 516 cm³/mol. The quantitative estimate of drug-likeness (QED) is 0.0948. The van der Waals surface area contributed by atoms with E-state index in [4.69, 9.17) is 0 Å². The Labute approximate surface area is 702 Å². The Kier molecular flexibility index (Phi) is 17.3. The van der Waals surface area contributed by atoms with E-state index in [1.807, 2.05) is 0 Å². The second-order valence-corrected chi connectivity index (χ2v) is 31.9. The molecular formula is C118H77N3. The van der Waals surface area contributed by atoms with Crippen LogP contribution in [0.3, 0.4) is 0 Å². The summed E-state index contributed by atoms with van der Waals surface area (Å²) in [6.45, 7) is 0. The summed E-state index contributed by atoms with van der Waals surface area (Å²) in [6.07, 6.45) is 0. The molecule has 0 saturated carbocycles. The zero-order chi connectivity index (χ0) is 79.9. The molecule has 0 saturated heterocycles. The van der Waals surface area contributed by atoms with Gasteiger partial charge in [-0.05, 0) is 256 Å². The third-order valence-corrected chi connectivity index (χ3v) is 24.9. The van der Waals surface area contributed by atoms with Crippen molar-refractivity contribution >= 4 is 131 Å². The summed E-state index contributed by atoms with van der Waals surface area (Å²) in [5.74, 6) is 0. The van der Waals surface area contributed by atoms with Crippen LogP contribution in [0, 0.1) is 0 Å². The van der Waals surface area contributed by atoms with Crippen molar-refractivity contribution in [2.45, 2.75) is 0 Å². The van der Waals surface area contributed by atoms with Gasteiger partial charge in [-0.2, -0.15) is 0 Å². The van der Waals surface area contributed by atoms with Crippen LogP contribution in [0.2, 0.25) is 0 Å². The van der Waals surface area contributed by atoms with Crippen LogP contribution in [0.15, 0.2) is 467 Å². The Morgan fingerprint density at radius 2 is 0.438 bits per heavy atom. The fraction of sp³-hybridized carbons (Fsp3) is 0. The van der Waals surface area contributed by atoms with Gasteiger partial charge in [0, 0.05) is 39.0 Å². The molecular weight excluding hydrogens is 1460 g/mol. The van der Waals surface area contributed by atoms with Gasteiger partial charge < -0.3 is 14.4 Å². The lowest BCUT2D eigenvalue weighted by Crippen LogP contribution is -2.14. The highest BCUT2D eigenvalue weighted by atomic mass is 15.2. The summed E-state index contributed by atoms with van der Waals surface area (Å²) in [5, 5.41) is 19.6. The monoisotopic (exact) mass is 1540 g/mol. The number of hydrogen-bond donors (Lipinski definition) is 0. The zero-order valence-electron chi connectivity index (χ0n) is 66.3. The summed E-state index contributed by atoms with van der Waals surface area (Å²) in [5.41, 5.74) is 28.4. The molecule has 23 aromatic rings. The molecule has 0 radical (unpaired) electrons. The van der Waals surface area contributed by atoms with E-state index in [1.54, 1.807) is 0 Å². The normalized spacial score (nSPS) is 11.6. The maximum absolute atomic E-state index is 2.49. The number of para-hydroxylation sites is 4. The second kappa shape index (κ2) is 29.7. The van der Waals surface area contributed by atoms with E-state index in [1.165, 1.54) is 114 Å². The van der Waals surface area contributed by atoms with Gasteiger partial charge in [0.1, 0.15) is 0 Å². The van der Waals surface area contributed by atoms with Gasteiger partial charge in [-0.1, -0.05) is 364 Å². The van der Waals surface area contributed by atoms with Crippen LogP contribution in [-0.4, -0.2) is 4.57 Å². The fourth-order valence-corrected chi connectivity index (χ4v) is 18.9. The summed E-state index contributed by atoms with van der Waals surface area (Å²) in [6, 6.07) is 173. The van der Waals surface area contributed by atoms with Crippen molar-refractivity contribution in [2.75, 3.05) is 9.80 Å². The molecule has 3 nitrogen and oxygen atoms in total. The Morgan fingerprint density at radius 1 is 0.140 bits per heavy atom. The molecule has 0 atom stereocenters. The van der Waals surface area contributed by atoms with Crippen LogP contribution >= 0.6 is 0 Å². The number of nitrogens with zero attached hydrogens (tertiary/aromatic N) is 3. The molecule has 0 aliphatic heterocycles. The van der Waals surface area contributed by atoms with Crippen molar-refractivity contribution in [1.82, 2.24) is 4.57 Å². The second-order valence-electron chi connectivity index (χ2n) is 31.9. The van der Waals surface area contributed by atoms with Gasteiger partial charge >= 0.3 is 0 Å². The Balaban J connectivity index is 0.583. The first-order valence-electron chi connectivity index (χ1n) is 41.7. The average Bonchev–Trinajstić information content (AvgIpc) is 1.59. The largest absolute Gasteiger partial charge is 0.310 e. The third-order valence-electron chi connectivity index (χ3n) is 24.9. The van der Waals surface area contributed by atoms with E-state index >= 15 is 0 Å². The predicted octanol–water partition coefficient (Wildman–Crippen LogP) is 33.1. The molecule has 1 aromatic heterocycles. The van der Waals surface area contributed by atoms with E-state index in [0.717, 1.165) is 112 Å². The molecule has 1 heterocycles. The van der Waals surface area contributed by atoms with Crippen LogP contribution in [-0.2, 0) is 0 Å². The van der Waals surface area contributed by atoms with Crippen molar-refractivity contribution in [3.05, 3.63) is 467 Å². The SMILES string of the molecule is c1ccc(-c2ccc(-c3ccc4ccccc4c3)cc2N(c2ccc(-c3ccc4c(ccc5ccccc54)c3)cc2)c2ccc(-c3ccc(-c4ccc5c(ccc6cc(-c7ccc(N(c8cc(-c9ccc%10ccccc%10c9)ccc8-c8ccccc8)c8ccccc8-n8c9ccccc9c9ccccc98)cc7)ccc65)c4)c4ccccc34)cc2)cc1. The van der Waals surface area contributed by atoms with E-state index in [9.17, 15) is 0 Å². The molecule has 0 aliphatic rings. The number of anilines is 6. The zero-order valence-corrected chi connectivity index (χ0v) is 66.3. The molecule has 22 aromatic carbocycles. The Morgan fingerprint density at radius 3 is 0.950 bits per heavy atom. The molecule has 3 heteroatoms. The molecule has 564 valence electrons. The summed E-state index contributed by atoms with van der Waals surface area (Å²) in [7, 11) is 0. The molecule has 0 bridgehead atoms. The highest BCUT2D eigenvalue weighted by Crippen LogP contribution is 2.50. The van der Waals surface area contributed by atoms with Gasteiger partial charge in [-0.3, -0.25) is 0 Å². The maximum atomic E-state index is 2.49. The molecule has 121 heavy (non-hydrogen) atoms. The Hall–Kier alpha value is -15.9. The average molecular weight is 1540 g/mol. The standard InChI is InChI=1S/C118H77N3/c1-3-23-82(24-4-1)107-67-55-92(90-42-39-78-21-7-9-28-86(78)71-90)76-117(107)119(98-58-47-80(48-59-98)88-53-64-103-94(73-88)44-41-84-27-11-12-30-101(84)103)99-62-51-85(52-63-99)102-69-70-106(110-32-14-13-31-109(102)110)97-57-66-105-96(75-97)46-45-95-74-89(54-65-104(95)105)81-49-60-100(61-50-81)120(115-37-19-20-38-116(115)121-113-35-17-15-33-111(113)112-34-16-18-36-114(112)121)118-77-93(56-68-108(118)83-25-5-2-6-26-83)91-43-40-79-22-8-10-29-87(79)72-91/h1-77H. The highest BCUT2D eigenvalue weighted by Gasteiger charge is 2.26. The topological polar surface area (TPSA) is 11.4 Å². The minimum absolute atomic E-state index is 1.05. The van der Waals surface area contributed by atoms with Crippen LogP contribution in [0.25, 0.3) is 192 Å². The number of hydrogen-bond acceptors (Lipinski definition) is 2. The summed E-state index contributed by atoms with van der Waals surface area (Å²) < 4.78 is 2.45. The van der Waals surface area contributed by atoms with E-state index < -0.39 is 0 Å². The first-order chi connectivity index (χ1) is 60.0. The van der Waals surface area contributed by atoms with Crippen molar-refractivity contribution in [1.29, 1.82) is 0 Å². The van der Waals surface area contributed by atoms with E-state index in [0.29, 0.717) is 0 Å². The molecule has 0 amide bonds. The minimum atomic E-state index is 1.05.